The molecule has 1 aromatic rings. The molecule has 1 aromatic heterocycles. The summed E-state index contributed by atoms with van der Waals surface area (Å²) in [4.78, 5) is 25.6. The summed E-state index contributed by atoms with van der Waals surface area (Å²) >= 11 is 0. The molecule has 0 aliphatic carbocycles. The van der Waals surface area contributed by atoms with Crippen molar-refractivity contribution in [3.63, 3.8) is 0 Å². The number of fused-ring (bicyclic) bond motifs is 1. The van der Waals surface area contributed by atoms with Gasteiger partial charge in [0.25, 0.3) is 0 Å². The number of carbonyl (C=O) groups excluding carboxylic acids is 1. The molecule has 114 valence electrons. The highest BCUT2D eigenvalue weighted by atomic mass is 16.2. The van der Waals surface area contributed by atoms with Crippen molar-refractivity contribution in [2.45, 2.75) is 45.1 Å². The van der Waals surface area contributed by atoms with Gasteiger partial charge in [-0.15, -0.1) is 0 Å². The van der Waals surface area contributed by atoms with Crippen molar-refractivity contribution in [1.82, 2.24) is 19.8 Å². The number of hydrogen-bond donors (Lipinski definition) is 0. The second kappa shape index (κ2) is 6.10. The molecule has 2 aliphatic rings. The number of likely N-dealkylation sites (tertiary alicyclic amines) is 1. The Labute approximate surface area is 126 Å². The van der Waals surface area contributed by atoms with Gasteiger partial charge < -0.3 is 9.80 Å². The molecule has 1 amide bonds. The number of hydrogen-bond acceptors (Lipinski definition) is 4. The zero-order valence-electron chi connectivity index (χ0n) is 13.0. The number of piperidine rings is 1. The zero-order chi connectivity index (χ0) is 14.8. The van der Waals surface area contributed by atoms with Crippen molar-refractivity contribution < 1.29 is 4.79 Å². The van der Waals surface area contributed by atoms with Crippen LogP contribution in [0, 0.1) is 0 Å². The maximum atomic E-state index is 11.9. The van der Waals surface area contributed by atoms with Crippen molar-refractivity contribution in [1.29, 1.82) is 0 Å². The molecule has 0 unspecified atom stereocenters. The fraction of sp³-hybridized carbons (Fsp3) is 0.688. The molecular formula is C16H24N4O. The first kappa shape index (κ1) is 14.4. The largest absolute Gasteiger partial charge is 0.342 e. The Bertz CT molecular complexity index is 531. The number of nitrogens with zero attached hydrogens (tertiary/aromatic N) is 4. The fourth-order valence-corrected chi connectivity index (χ4v) is 3.31. The van der Waals surface area contributed by atoms with Crippen LogP contribution in [-0.2, 0) is 17.8 Å². The highest BCUT2D eigenvalue weighted by molar-refractivity contribution is 5.75. The standard InChI is InChI=1S/C16H24N4O/c1-3-15(21)20-7-4-5-12(11-20)16-17-9-13-10-19(2)8-6-14(13)18-16/h9,12H,3-8,10-11H2,1-2H3/t12-/m1/s1. The van der Waals surface area contributed by atoms with E-state index in [0.717, 1.165) is 51.3 Å². The van der Waals surface area contributed by atoms with E-state index in [9.17, 15) is 4.79 Å². The molecule has 0 spiro atoms. The summed E-state index contributed by atoms with van der Waals surface area (Å²) in [6.07, 6.45) is 5.73. The summed E-state index contributed by atoms with van der Waals surface area (Å²) in [6, 6.07) is 0. The highest BCUT2D eigenvalue weighted by Crippen LogP contribution is 2.26. The van der Waals surface area contributed by atoms with Crippen LogP contribution in [0.3, 0.4) is 0 Å². The van der Waals surface area contributed by atoms with Crippen LogP contribution in [0.25, 0.3) is 0 Å². The van der Waals surface area contributed by atoms with E-state index in [0.29, 0.717) is 12.3 Å². The number of aromatic nitrogens is 2. The van der Waals surface area contributed by atoms with Gasteiger partial charge in [0.15, 0.2) is 0 Å². The number of likely N-dealkylation sites (N-methyl/N-ethyl adjacent to an activating group) is 1. The monoisotopic (exact) mass is 288 g/mol. The maximum absolute atomic E-state index is 11.9. The molecule has 5 heteroatoms. The molecule has 0 N–H and O–H groups in total. The van der Waals surface area contributed by atoms with E-state index >= 15 is 0 Å². The molecule has 0 bridgehead atoms. The van der Waals surface area contributed by atoms with E-state index in [4.69, 9.17) is 4.98 Å². The van der Waals surface area contributed by atoms with Gasteiger partial charge in [0.05, 0.1) is 0 Å². The Morgan fingerprint density at radius 1 is 1.43 bits per heavy atom. The van der Waals surface area contributed by atoms with Gasteiger partial charge in [-0.3, -0.25) is 4.79 Å². The fourth-order valence-electron chi connectivity index (χ4n) is 3.31. The van der Waals surface area contributed by atoms with E-state index in [1.807, 2.05) is 18.0 Å². The van der Waals surface area contributed by atoms with Crippen LogP contribution in [0.2, 0.25) is 0 Å². The van der Waals surface area contributed by atoms with Gasteiger partial charge in [0.2, 0.25) is 5.91 Å². The Balaban J connectivity index is 1.76. The summed E-state index contributed by atoms with van der Waals surface area (Å²) in [7, 11) is 2.13. The molecule has 2 aliphatic heterocycles. The summed E-state index contributed by atoms with van der Waals surface area (Å²) in [6.45, 7) is 5.61. The topological polar surface area (TPSA) is 49.3 Å². The molecule has 3 heterocycles. The second-order valence-electron chi connectivity index (χ2n) is 6.22. The van der Waals surface area contributed by atoms with Crippen molar-refractivity contribution in [2.75, 3.05) is 26.7 Å². The maximum Gasteiger partial charge on any atom is 0.222 e. The predicted molar refractivity (Wildman–Crippen MR) is 80.9 cm³/mol. The third-order valence-electron chi connectivity index (χ3n) is 4.59. The Morgan fingerprint density at radius 3 is 3.10 bits per heavy atom. The molecule has 3 rings (SSSR count). The molecule has 0 saturated carbocycles. The van der Waals surface area contributed by atoms with Crippen LogP contribution >= 0.6 is 0 Å². The van der Waals surface area contributed by atoms with Crippen molar-refractivity contribution in [2.24, 2.45) is 0 Å². The van der Waals surface area contributed by atoms with Crippen LogP contribution in [0.5, 0.6) is 0 Å². The average Bonchev–Trinajstić information content (AvgIpc) is 2.53. The lowest BCUT2D eigenvalue weighted by Crippen LogP contribution is -2.39. The average molecular weight is 288 g/mol. The van der Waals surface area contributed by atoms with E-state index in [1.165, 1.54) is 11.3 Å². The summed E-state index contributed by atoms with van der Waals surface area (Å²) in [5.41, 5.74) is 2.46. The lowest BCUT2D eigenvalue weighted by molar-refractivity contribution is -0.132. The normalized spacial score (nSPS) is 23.0. The van der Waals surface area contributed by atoms with Gasteiger partial charge in [-0.05, 0) is 19.9 Å². The quantitative estimate of drug-likeness (QED) is 0.829. The van der Waals surface area contributed by atoms with E-state index < -0.39 is 0 Å². The van der Waals surface area contributed by atoms with Crippen molar-refractivity contribution >= 4 is 5.91 Å². The van der Waals surface area contributed by atoms with Crippen LogP contribution in [0.15, 0.2) is 6.20 Å². The molecule has 1 fully saturated rings. The third kappa shape index (κ3) is 3.07. The lowest BCUT2D eigenvalue weighted by atomic mass is 9.96. The molecule has 0 radical (unpaired) electrons. The molecular weight excluding hydrogens is 264 g/mol. The molecule has 5 nitrogen and oxygen atoms in total. The van der Waals surface area contributed by atoms with E-state index in [-0.39, 0.29) is 5.91 Å². The van der Waals surface area contributed by atoms with E-state index in [1.54, 1.807) is 0 Å². The third-order valence-corrected chi connectivity index (χ3v) is 4.59. The summed E-state index contributed by atoms with van der Waals surface area (Å²) in [5.74, 6) is 1.49. The minimum Gasteiger partial charge on any atom is -0.342 e. The lowest BCUT2D eigenvalue weighted by Gasteiger charge is -2.32. The van der Waals surface area contributed by atoms with Crippen LogP contribution in [0.4, 0.5) is 0 Å². The van der Waals surface area contributed by atoms with Crippen LogP contribution < -0.4 is 0 Å². The smallest absolute Gasteiger partial charge is 0.222 e. The summed E-state index contributed by atoms with van der Waals surface area (Å²) in [5, 5.41) is 0. The first-order valence-corrected chi connectivity index (χ1v) is 7.98. The van der Waals surface area contributed by atoms with Crippen molar-refractivity contribution in [3.05, 3.63) is 23.3 Å². The molecule has 21 heavy (non-hydrogen) atoms. The van der Waals surface area contributed by atoms with Crippen LogP contribution in [-0.4, -0.2) is 52.4 Å². The Morgan fingerprint density at radius 2 is 2.29 bits per heavy atom. The van der Waals surface area contributed by atoms with Gasteiger partial charge >= 0.3 is 0 Å². The van der Waals surface area contributed by atoms with Gasteiger partial charge in [0.1, 0.15) is 5.82 Å². The zero-order valence-corrected chi connectivity index (χ0v) is 13.0. The van der Waals surface area contributed by atoms with Gasteiger partial charge in [-0.2, -0.15) is 0 Å². The first-order valence-electron chi connectivity index (χ1n) is 7.98. The SMILES string of the molecule is CCC(=O)N1CCC[C@@H](c2ncc3c(n2)CCN(C)C3)C1. The molecule has 1 atom stereocenters. The number of amides is 1. The Kier molecular flexibility index (Phi) is 4.19. The second-order valence-corrected chi connectivity index (χ2v) is 6.22. The first-order chi connectivity index (χ1) is 10.2. The number of carbonyl (C=O) groups is 1. The molecule has 1 saturated heterocycles. The minimum absolute atomic E-state index is 0.249. The van der Waals surface area contributed by atoms with Crippen LogP contribution in [0.1, 0.15) is 49.2 Å². The van der Waals surface area contributed by atoms with Crippen molar-refractivity contribution in [3.8, 4) is 0 Å². The predicted octanol–water partition coefficient (Wildman–Crippen LogP) is 1.58. The van der Waals surface area contributed by atoms with Gasteiger partial charge in [-0.25, -0.2) is 9.97 Å². The summed E-state index contributed by atoms with van der Waals surface area (Å²) < 4.78 is 0. The van der Waals surface area contributed by atoms with Gasteiger partial charge in [0, 0.05) is 62.4 Å². The van der Waals surface area contributed by atoms with Gasteiger partial charge in [-0.1, -0.05) is 6.92 Å². The molecule has 0 aromatic carbocycles. The highest BCUT2D eigenvalue weighted by Gasteiger charge is 2.26. The Hall–Kier alpha value is -1.49. The van der Waals surface area contributed by atoms with E-state index in [2.05, 4.69) is 16.9 Å². The minimum atomic E-state index is 0.249. The number of rotatable bonds is 2.